The highest BCUT2D eigenvalue weighted by atomic mass is 79.9. The first-order valence-electron chi connectivity index (χ1n) is 5.79. The molecule has 2 aromatic rings. The number of thiophene rings is 1. The van der Waals surface area contributed by atoms with Gasteiger partial charge < -0.3 is 5.73 Å². The molecule has 0 aliphatic carbocycles. The Morgan fingerprint density at radius 3 is 2.65 bits per heavy atom. The van der Waals surface area contributed by atoms with Gasteiger partial charge in [0, 0.05) is 6.04 Å². The SMILES string of the molecule is NC(CCCc1ccccc1)c1csc(Br)c1. The van der Waals surface area contributed by atoms with E-state index in [1.165, 1.54) is 11.1 Å². The minimum absolute atomic E-state index is 0.168. The summed E-state index contributed by atoms with van der Waals surface area (Å²) in [6, 6.07) is 12.9. The highest BCUT2D eigenvalue weighted by Crippen LogP contribution is 2.26. The molecule has 0 saturated carbocycles. The second kappa shape index (κ2) is 6.34. The van der Waals surface area contributed by atoms with Gasteiger partial charge in [0.2, 0.25) is 0 Å². The number of benzene rings is 1. The second-order valence-corrected chi connectivity index (χ2v) is 6.46. The molecule has 2 N–H and O–H groups in total. The Bertz CT molecular complexity index is 452. The fraction of sp³-hybridized carbons (Fsp3) is 0.286. The van der Waals surface area contributed by atoms with Crippen molar-refractivity contribution in [2.45, 2.75) is 25.3 Å². The van der Waals surface area contributed by atoms with Gasteiger partial charge in [-0.05, 0) is 57.8 Å². The molecule has 0 radical (unpaired) electrons. The van der Waals surface area contributed by atoms with Gasteiger partial charge in [-0.1, -0.05) is 30.3 Å². The lowest BCUT2D eigenvalue weighted by Gasteiger charge is -2.09. The van der Waals surface area contributed by atoms with Crippen LogP contribution >= 0.6 is 27.3 Å². The lowest BCUT2D eigenvalue weighted by molar-refractivity contribution is 0.613. The summed E-state index contributed by atoms with van der Waals surface area (Å²) in [4.78, 5) is 0. The summed E-state index contributed by atoms with van der Waals surface area (Å²) in [6.45, 7) is 0. The molecule has 0 fully saturated rings. The molecule has 0 spiro atoms. The molecule has 0 bridgehead atoms. The average Bonchev–Trinajstić information content (AvgIpc) is 2.77. The zero-order valence-corrected chi connectivity index (χ0v) is 12.0. The molecular weight excluding hydrogens is 294 g/mol. The molecule has 0 saturated heterocycles. The Hall–Kier alpha value is -0.640. The van der Waals surface area contributed by atoms with E-state index >= 15 is 0 Å². The van der Waals surface area contributed by atoms with Crippen molar-refractivity contribution in [2.24, 2.45) is 5.73 Å². The molecule has 1 heterocycles. The van der Waals surface area contributed by atoms with Gasteiger partial charge in [0.15, 0.2) is 0 Å². The number of halogens is 1. The Balaban J connectivity index is 1.79. The van der Waals surface area contributed by atoms with Gasteiger partial charge in [-0.25, -0.2) is 0 Å². The quantitative estimate of drug-likeness (QED) is 0.862. The summed E-state index contributed by atoms with van der Waals surface area (Å²) in [5.74, 6) is 0. The summed E-state index contributed by atoms with van der Waals surface area (Å²) in [6.07, 6.45) is 3.29. The van der Waals surface area contributed by atoms with E-state index in [4.69, 9.17) is 5.73 Å². The first-order chi connectivity index (χ1) is 8.25. The Kier molecular flexibility index (Phi) is 4.77. The first-order valence-corrected chi connectivity index (χ1v) is 7.46. The Morgan fingerprint density at radius 1 is 1.24 bits per heavy atom. The van der Waals surface area contributed by atoms with Gasteiger partial charge in [0.05, 0.1) is 3.79 Å². The van der Waals surface area contributed by atoms with Crippen LogP contribution in [0.5, 0.6) is 0 Å². The maximum absolute atomic E-state index is 6.16. The molecule has 0 amide bonds. The van der Waals surface area contributed by atoms with Gasteiger partial charge in [0.1, 0.15) is 0 Å². The van der Waals surface area contributed by atoms with E-state index in [0.717, 1.165) is 23.0 Å². The zero-order valence-electron chi connectivity index (χ0n) is 9.60. The minimum Gasteiger partial charge on any atom is -0.324 e. The topological polar surface area (TPSA) is 26.0 Å². The minimum atomic E-state index is 0.168. The van der Waals surface area contributed by atoms with Crippen LogP contribution in [0.2, 0.25) is 0 Å². The average molecular weight is 310 g/mol. The maximum atomic E-state index is 6.16. The summed E-state index contributed by atoms with van der Waals surface area (Å²) < 4.78 is 1.16. The fourth-order valence-electron chi connectivity index (χ4n) is 1.86. The standard InChI is InChI=1S/C14H16BrNS/c15-14-9-12(10-17-14)13(16)8-4-7-11-5-2-1-3-6-11/h1-3,5-6,9-10,13H,4,7-8,16H2. The van der Waals surface area contributed by atoms with Gasteiger partial charge in [-0.3, -0.25) is 0 Å². The van der Waals surface area contributed by atoms with Gasteiger partial charge in [0.25, 0.3) is 0 Å². The molecule has 1 aromatic heterocycles. The van der Waals surface area contributed by atoms with Crippen LogP contribution in [0.15, 0.2) is 45.6 Å². The molecular formula is C14H16BrNS. The third kappa shape index (κ3) is 3.95. The number of hydrogen-bond donors (Lipinski definition) is 1. The highest BCUT2D eigenvalue weighted by Gasteiger charge is 2.07. The Labute approximate surface area is 115 Å². The van der Waals surface area contributed by atoms with Crippen LogP contribution in [0.1, 0.15) is 30.0 Å². The normalized spacial score (nSPS) is 12.6. The molecule has 3 heteroatoms. The van der Waals surface area contributed by atoms with E-state index < -0.39 is 0 Å². The van der Waals surface area contributed by atoms with E-state index in [1.807, 2.05) is 0 Å². The summed E-state index contributed by atoms with van der Waals surface area (Å²) in [5.41, 5.74) is 8.80. The van der Waals surface area contributed by atoms with Crippen LogP contribution in [0.25, 0.3) is 0 Å². The van der Waals surface area contributed by atoms with Crippen molar-refractivity contribution < 1.29 is 0 Å². The van der Waals surface area contributed by atoms with Crippen molar-refractivity contribution in [3.63, 3.8) is 0 Å². The van der Waals surface area contributed by atoms with E-state index in [0.29, 0.717) is 0 Å². The molecule has 1 atom stereocenters. The third-order valence-electron chi connectivity index (χ3n) is 2.84. The summed E-state index contributed by atoms with van der Waals surface area (Å²) >= 11 is 5.17. The van der Waals surface area contributed by atoms with Crippen molar-refractivity contribution in [3.05, 3.63) is 56.7 Å². The van der Waals surface area contributed by atoms with E-state index in [1.54, 1.807) is 11.3 Å². The van der Waals surface area contributed by atoms with Crippen LogP contribution in [0, 0.1) is 0 Å². The van der Waals surface area contributed by atoms with Crippen LogP contribution in [-0.2, 0) is 6.42 Å². The predicted molar refractivity (Wildman–Crippen MR) is 78.3 cm³/mol. The van der Waals surface area contributed by atoms with Crippen molar-refractivity contribution in [2.75, 3.05) is 0 Å². The van der Waals surface area contributed by atoms with E-state index in [9.17, 15) is 0 Å². The number of nitrogens with two attached hydrogens (primary N) is 1. The van der Waals surface area contributed by atoms with Crippen molar-refractivity contribution in [1.82, 2.24) is 0 Å². The number of hydrogen-bond acceptors (Lipinski definition) is 2. The monoisotopic (exact) mass is 309 g/mol. The molecule has 17 heavy (non-hydrogen) atoms. The lowest BCUT2D eigenvalue weighted by Crippen LogP contribution is -2.09. The van der Waals surface area contributed by atoms with Gasteiger partial charge in [-0.15, -0.1) is 11.3 Å². The van der Waals surface area contributed by atoms with Crippen LogP contribution < -0.4 is 5.73 Å². The van der Waals surface area contributed by atoms with E-state index in [2.05, 4.69) is 57.7 Å². The van der Waals surface area contributed by atoms with Crippen LogP contribution in [0.3, 0.4) is 0 Å². The number of rotatable bonds is 5. The molecule has 0 aliphatic heterocycles. The molecule has 90 valence electrons. The molecule has 1 unspecified atom stereocenters. The van der Waals surface area contributed by atoms with Gasteiger partial charge >= 0.3 is 0 Å². The largest absolute Gasteiger partial charge is 0.324 e. The molecule has 1 aromatic carbocycles. The first kappa shape index (κ1) is 12.8. The predicted octanol–water partition coefficient (Wildman–Crippen LogP) is 4.53. The van der Waals surface area contributed by atoms with Crippen LogP contribution in [0.4, 0.5) is 0 Å². The Morgan fingerprint density at radius 2 is 2.00 bits per heavy atom. The number of aryl methyl sites for hydroxylation is 1. The van der Waals surface area contributed by atoms with Crippen LogP contribution in [-0.4, -0.2) is 0 Å². The fourth-order valence-corrected chi connectivity index (χ4v) is 3.10. The maximum Gasteiger partial charge on any atom is 0.0701 e. The zero-order chi connectivity index (χ0) is 12.1. The van der Waals surface area contributed by atoms with Crippen molar-refractivity contribution >= 4 is 27.3 Å². The molecule has 0 aliphatic rings. The van der Waals surface area contributed by atoms with Crippen molar-refractivity contribution in [3.8, 4) is 0 Å². The summed E-state index contributed by atoms with van der Waals surface area (Å²) in [5, 5.41) is 2.14. The summed E-state index contributed by atoms with van der Waals surface area (Å²) in [7, 11) is 0. The van der Waals surface area contributed by atoms with Crippen molar-refractivity contribution in [1.29, 1.82) is 0 Å². The lowest BCUT2D eigenvalue weighted by atomic mass is 10.0. The smallest absolute Gasteiger partial charge is 0.0701 e. The second-order valence-electron chi connectivity index (χ2n) is 4.17. The molecule has 2 rings (SSSR count). The highest BCUT2D eigenvalue weighted by molar-refractivity contribution is 9.11. The van der Waals surface area contributed by atoms with E-state index in [-0.39, 0.29) is 6.04 Å². The molecule has 1 nitrogen and oxygen atoms in total. The third-order valence-corrected chi connectivity index (χ3v) is 4.36. The van der Waals surface area contributed by atoms with Gasteiger partial charge in [-0.2, -0.15) is 0 Å².